The van der Waals surface area contributed by atoms with Crippen molar-refractivity contribution in [1.29, 1.82) is 0 Å². The second-order valence-corrected chi connectivity index (χ2v) is 7.28. The number of nitrogens with zero attached hydrogens (tertiary/aromatic N) is 1. The van der Waals surface area contributed by atoms with Gasteiger partial charge in [0, 0.05) is 18.1 Å². The van der Waals surface area contributed by atoms with Gasteiger partial charge < -0.3 is 9.47 Å². The standard InChI is InChI=1S/C20H21NO2/c1-20(2)16-6-4-3-5-14(16)9-17-15-11-19-18(22-12-23-19)10-13(15)7-8-21(17)20/h3-6,10-11,17H,7-9,12H2,1-2H3. The van der Waals surface area contributed by atoms with Gasteiger partial charge in [-0.1, -0.05) is 24.3 Å². The van der Waals surface area contributed by atoms with Crippen molar-refractivity contribution in [2.45, 2.75) is 38.3 Å². The molecule has 3 heteroatoms. The average molecular weight is 307 g/mol. The average Bonchev–Trinajstić information content (AvgIpc) is 3.00. The lowest BCUT2D eigenvalue weighted by Gasteiger charge is -2.51. The maximum Gasteiger partial charge on any atom is 0.231 e. The first kappa shape index (κ1) is 13.4. The Balaban J connectivity index is 1.66. The third-order valence-electron chi connectivity index (χ3n) is 5.80. The molecule has 3 heterocycles. The van der Waals surface area contributed by atoms with Crippen molar-refractivity contribution < 1.29 is 9.47 Å². The van der Waals surface area contributed by atoms with E-state index in [1.54, 1.807) is 0 Å². The van der Waals surface area contributed by atoms with Gasteiger partial charge in [0.25, 0.3) is 0 Å². The molecular formula is C20H21NO2. The van der Waals surface area contributed by atoms with Crippen LogP contribution in [0.2, 0.25) is 0 Å². The molecule has 2 aromatic carbocycles. The zero-order valence-electron chi connectivity index (χ0n) is 13.6. The molecule has 0 aliphatic carbocycles. The minimum absolute atomic E-state index is 0.0631. The molecule has 3 aliphatic rings. The van der Waals surface area contributed by atoms with E-state index in [0.29, 0.717) is 12.8 Å². The molecule has 2 aromatic rings. The highest BCUT2D eigenvalue weighted by Gasteiger charge is 2.43. The Hall–Kier alpha value is -2.00. The Morgan fingerprint density at radius 1 is 1.04 bits per heavy atom. The fourth-order valence-electron chi connectivity index (χ4n) is 4.64. The van der Waals surface area contributed by atoms with Crippen molar-refractivity contribution >= 4 is 0 Å². The molecule has 0 aromatic heterocycles. The van der Waals surface area contributed by atoms with Crippen molar-refractivity contribution in [2.75, 3.05) is 13.3 Å². The molecule has 0 bridgehead atoms. The molecule has 118 valence electrons. The van der Waals surface area contributed by atoms with Crippen molar-refractivity contribution in [3.05, 3.63) is 58.7 Å². The molecular weight excluding hydrogens is 286 g/mol. The van der Waals surface area contributed by atoms with Gasteiger partial charge in [-0.3, -0.25) is 4.90 Å². The first-order valence-corrected chi connectivity index (χ1v) is 8.42. The van der Waals surface area contributed by atoms with E-state index in [9.17, 15) is 0 Å². The number of fused-ring (bicyclic) bond motifs is 5. The summed E-state index contributed by atoms with van der Waals surface area (Å²) < 4.78 is 11.2. The zero-order valence-corrected chi connectivity index (χ0v) is 13.6. The largest absolute Gasteiger partial charge is 0.454 e. The summed E-state index contributed by atoms with van der Waals surface area (Å²) in [6.45, 7) is 6.16. The van der Waals surface area contributed by atoms with Crippen LogP contribution < -0.4 is 9.47 Å². The molecule has 0 saturated carbocycles. The summed E-state index contributed by atoms with van der Waals surface area (Å²) in [5.41, 5.74) is 5.85. The predicted molar refractivity (Wildman–Crippen MR) is 88.9 cm³/mol. The van der Waals surface area contributed by atoms with Gasteiger partial charge >= 0.3 is 0 Å². The third kappa shape index (κ3) is 1.80. The summed E-state index contributed by atoms with van der Waals surface area (Å²) in [5, 5.41) is 0. The first-order valence-electron chi connectivity index (χ1n) is 8.42. The molecule has 0 radical (unpaired) electrons. The van der Waals surface area contributed by atoms with Crippen molar-refractivity contribution in [3.63, 3.8) is 0 Å². The summed E-state index contributed by atoms with van der Waals surface area (Å²) in [7, 11) is 0. The van der Waals surface area contributed by atoms with Gasteiger partial charge in [0.05, 0.1) is 0 Å². The van der Waals surface area contributed by atoms with E-state index in [2.05, 4.69) is 55.1 Å². The summed E-state index contributed by atoms with van der Waals surface area (Å²) >= 11 is 0. The van der Waals surface area contributed by atoms with Crippen LogP contribution in [0, 0.1) is 0 Å². The van der Waals surface area contributed by atoms with Crippen LogP contribution in [-0.2, 0) is 18.4 Å². The van der Waals surface area contributed by atoms with Gasteiger partial charge in [-0.2, -0.15) is 0 Å². The first-order chi connectivity index (χ1) is 11.1. The maximum atomic E-state index is 5.62. The molecule has 5 rings (SSSR count). The van der Waals surface area contributed by atoms with Gasteiger partial charge in [0.1, 0.15) is 0 Å². The second-order valence-electron chi connectivity index (χ2n) is 7.28. The van der Waals surface area contributed by atoms with Crippen molar-refractivity contribution in [3.8, 4) is 11.5 Å². The van der Waals surface area contributed by atoms with Crippen molar-refractivity contribution in [2.24, 2.45) is 0 Å². The fourth-order valence-corrected chi connectivity index (χ4v) is 4.64. The summed E-state index contributed by atoms with van der Waals surface area (Å²) in [5.74, 6) is 1.81. The zero-order chi connectivity index (χ0) is 15.6. The van der Waals surface area contributed by atoms with Gasteiger partial charge in [-0.15, -0.1) is 0 Å². The highest BCUT2D eigenvalue weighted by molar-refractivity contribution is 5.52. The minimum atomic E-state index is 0.0631. The topological polar surface area (TPSA) is 21.7 Å². The molecule has 0 amide bonds. The smallest absolute Gasteiger partial charge is 0.231 e. The lowest BCUT2D eigenvalue weighted by molar-refractivity contribution is 0.0434. The van der Waals surface area contributed by atoms with Crippen LogP contribution in [0.15, 0.2) is 36.4 Å². The summed E-state index contributed by atoms with van der Waals surface area (Å²) in [6, 6.07) is 13.8. The van der Waals surface area contributed by atoms with Crippen LogP contribution in [0.4, 0.5) is 0 Å². The van der Waals surface area contributed by atoms with Crippen LogP contribution in [-0.4, -0.2) is 18.2 Å². The van der Waals surface area contributed by atoms with E-state index in [4.69, 9.17) is 9.47 Å². The normalized spacial score (nSPS) is 23.8. The van der Waals surface area contributed by atoms with Crippen LogP contribution in [0.25, 0.3) is 0 Å². The van der Waals surface area contributed by atoms with E-state index in [1.165, 1.54) is 22.3 Å². The van der Waals surface area contributed by atoms with Crippen molar-refractivity contribution in [1.82, 2.24) is 4.90 Å². The highest BCUT2D eigenvalue weighted by atomic mass is 16.7. The Bertz CT molecular complexity index is 796. The Morgan fingerprint density at radius 2 is 1.83 bits per heavy atom. The van der Waals surface area contributed by atoms with Gasteiger partial charge in [-0.25, -0.2) is 0 Å². The number of ether oxygens (including phenoxy) is 2. The molecule has 3 nitrogen and oxygen atoms in total. The third-order valence-corrected chi connectivity index (χ3v) is 5.80. The Labute approximate surface area is 136 Å². The molecule has 0 spiro atoms. The van der Waals surface area contributed by atoms with E-state index in [0.717, 1.165) is 30.9 Å². The number of rotatable bonds is 0. The van der Waals surface area contributed by atoms with Crippen LogP contribution in [0.3, 0.4) is 0 Å². The van der Waals surface area contributed by atoms with E-state index >= 15 is 0 Å². The van der Waals surface area contributed by atoms with Crippen LogP contribution in [0.5, 0.6) is 11.5 Å². The predicted octanol–water partition coefficient (Wildman–Crippen LogP) is 3.81. The Morgan fingerprint density at radius 3 is 2.70 bits per heavy atom. The molecule has 3 aliphatic heterocycles. The van der Waals surface area contributed by atoms with Gasteiger partial charge in [0.2, 0.25) is 6.79 Å². The lowest BCUT2D eigenvalue weighted by atomic mass is 9.75. The second kappa shape index (κ2) is 4.51. The highest BCUT2D eigenvalue weighted by Crippen LogP contribution is 2.48. The van der Waals surface area contributed by atoms with E-state index in [1.807, 2.05) is 0 Å². The van der Waals surface area contributed by atoms with Crippen LogP contribution >= 0.6 is 0 Å². The lowest BCUT2D eigenvalue weighted by Crippen LogP contribution is -2.51. The SMILES string of the molecule is CC1(C)c2ccccc2CC2c3cc4c(cc3CCN21)OCO4. The fraction of sp³-hybridized carbons (Fsp3) is 0.400. The van der Waals surface area contributed by atoms with E-state index < -0.39 is 0 Å². The molecule has 0 N–H and O–H groups in total. The molecule has 0 fully saturated rings. The quantitative estimate of drug-likeness (QED) is 0.739. The summed E-state index contributed by atoms with van der Waals surface area (Å²) in [4.78, 5) is 2.67. The number of hydrogen-bond acceptors (Lipinski definition) is 3. The maximum absolute atomic E-state index is 5.62. The van der Waals surface area contributed by atoms with E-state index in [-0.39, 0.29) is 5.54 Å². The minimum Gasteiger partial charge on any atom is -0.454 e. The van der Waals surface area contributed by atoms with Crippen LogP contribution in [0.1, 0.15) is 42.1 Å². The number of hydrogen-bond donors (Lipinski definition) is 0. The number of benzene rings is 2. The summed E-state index contributed by atoms with van der Waals surface area (Å²) in [6.07, 6.45) is 2.15. The monoisotopic (exact) mass is 307 g/mol. The van der Waals surface area contributed by atoms with Gasteiger partial charge in [-0.05, 0) is 61.1 Å². The Kier molecular flexibility index (Phi) is 2.64. The molecule has 23 heavy (non-hydrogen) atoms. The molecule has 1 atom stereocenters. The molecule has 0 saturated heterocycles. The molecule has 1 unspecified atom stereocenters. The van der Waals surface area contributed by atoms with Gasteiger partial charge in [0.15, 0.2) is 11.5 Å².